The predicted molar refractivity (Wildman–Crippen MR) is 118 cm³/mol. The third-order valence-corrected chi connectivity index (χ3v) is 5.81. The molecule has 3 aromatic rings. The van der Waals surface area contributed by atoms with E-state index >= 15 is 0 Å². The molecule has 0 spiro atoms. The summed E-state index contributed by atoms with van der Waals surface area (Å²) >= 11 is 0. The highest BCUT2D eigenvalue weighted by Gasteiger charge is 2.42. The van der Waals surface area contributed by atoms with Crippen molar-refractivity contribution in [2.24, 2.45) is 0 Å². The first-order chi connectivity index (χ1) is 19.9. The van der Waals surface area contributed by atoms with Crippen LogP contribution in [0.2, 0.25) is 0 Å². The van der Waals surface area contributed by atoms with Crippen LogP contribution in [0.3, 0.4) is 0 Å². The molecule has 42 heavy (non-hydrogen) atoms. The van der Waals surface area contributed by atoms with Crippen LogP contribution in [0.25, 0.3) is 22.3 Å². The second-order valence-electron chi connectivity index (χ2n) is 7.80. The van der Waals surface area contributed by atoms with Gasteiger partial charge in [-0.1, -0.05) is 0 Å². The van der Waals surface area contributed by atoms with Crippen molar-refractivity contribution >= 4 is 22.3 Å². The van der Waals surface area contributed by atoms with Crippen LogP contribution < -0.4 is 0 Å². The molecule has 0 bridgehead atoms. The third-order valence-electron chi connectivity index (χ3n) is 5.81. The van der Waals surface area contributed by atoms with Crippen molar-refractivity contribution in [1.82, 2.24) is 9.97 Å². The van der Waals surface area contributed by atoms with Gasteiger partial charge in [0.25, 0.3) is 0 Å². The van der Waals surface area contributed by atoms with Crippen LogP contribution >= 0.6 is 0 Å². The smallest absolute Gasteiger partial charge is 0.180 e. The first-order valence-electron chi connectivity index (χ1n) is 10.5. The highest BCUT2D eigenvalue weighted by atomic mass is 19.2. The summed E-state index contributed by atoms with van der Waals surface area (Å²) in [4.78, 5) is 7.34. The Morgan fingerprint density at radius 1 is 0.429 bits per heavy atom. The van der Waals surface area contributed by atoms with Crippen LogP contribution in [0.5, 0.6) is 0 Å². The van der Waals surface area contributed by atoms with Crippen molar-refractivity contribution in [3.63, 3.8) is 0 Å². The maximum Gasteiger partial charge on any atom is 0.180 e. The first-order valence-corrected chi connectivity index (χ1v) is 10.5. The maximum absolute atomic E-state index is 15.0. The van der Waals surface area contributed by atoms with Crippen molar-refractivity contribution in [1.29, 1.82) is 31.6 Å². The number of aromatic nitrogens is 2. The third kappa shape index (κ3) is 3.69. The number of hydrogen-bond acceptors (Lipinski definition) is 8. The molecule has 0 fully saturated rings. The Morgan fingerprint density at radius 3 is 0.929 bits per heavy atom. The van der Waals surface area contributed by atoms with Gasteiger partial charge < -0.3 is 0 Å². The van der Waals surface area contributed by atoms with Gasteiger partial charge in [-0.05, 0) is 0 Å². The standard InChI is InChI=1S/C26F8N8/c27-17-9(3-37)18(28)22(32)15(21(17)31)7(1-35)13-14(26-25(13)41-11(5-39)12(6-40)42-26)8(2-36)16-23(33)19(29)10(4-38)20(30)24(16)34/b13-7-,14-8?. The van der Waals surface area contributed by atoms with Crippen molar-refractivity contribution in [3.05, 3.63) is 91.6 Å². The second-order valence-corrected chi connectivity index (χ2v) is 7.80. The van der Waals surface area contributed by atoms with Gasteiger partial charge in [-0.2, -0.15) is 31.6 Å². The molecule has 2 aromatic carbocycles. The lowest BCUT2D eigenvalue weighted by atomic mass is 9.76. The van der Waals surface area contributed by atoms with Gasteiger partial charge in [-0.15, -0.1) is 0 Å². The zero-order valence-electron chi connectivity index (χ0n) is 19.6. The van der Waals surface area contributed by atoms with E-state index in [-0.39, 0.29) is 0 Å². The molecule has 1 heterocycles. The van der Waals surface area contributed by atoms with Crippen molar-refractivity contribution in [3.8, 4) is 36.4 Å². The molecule has 200 valence electrons. The molecule has 16 heteroatoms. The number of benzene rings is 2. The monoisotopic (exact) mass is 576 g/mol. The van der Waals surface area contributed by atoms with Gasteiger partial charge in [0, 0.05) is 11.1 Å². The minimum atomic E-state index is -2.31. The summed E-state index contributed by atoms with van der Waals surface area (Å²) in [5.41, 5.74) is -15.1. The van der Waals surface area contributed by atoms with Gasteiger partial charge in [-0.25, -0.2) is 45.1 Å². The van der Waals surface area contributed by atoms with E-state index in [1.165, 1.54) is 24.3 Å². The van der Waals surface area contributed by atoms with Crippen molar-refractivity contribution < 1.29 is 35.1 Å². The molecule has 1 aliphatic carbocycles. The highest BCUT2D eigenvalue weighted by molar-refractivity contribution is 6.31. The Hall–Kier alpha value is -6.62. The average molecular weight is 576 g/mol. The van der Waals surface area contributed by atoms with Gasteiger partial charge in [0.2, 0.25) is 0 Å². The lowest BCUT2D eigenvalue weighted by Crippen LogP contribution is -2.20. The van der Waals surface area contributed by atoms with Gasteiger partial charge in [0.15, 0.2) is 57.9 Å². The van der Waals surface area contributed by atoms with Crippen LogP contribution in [-0.2, 0) is 0 Å². The number of halogens is 8. The number of nitriles is 6. The minimum absolute atomic E-state index is 0.760. The summed E-state index contributed by atoms with van der Waals surface area (Å²) in [6.07, 6.45) is 0. The summed E-state index contributed by atoms with van der Waals surface area (Å²) in [5.74, 6) is -18.3. The zero-order chi connectivity index (χ0) is 31.2. The Kier molecular flexibility index (Phi) is 6.87. The largest absolute Gasteiger partial charge is 0.232 e. The molecule has 8 nitrogen and oxygen atoms in total. The Bertz CT molecular complexity index is 1930. The van der Waals surface area contributed by atoms with E-state index in [2.05, 4.69) is 9.97 Å². The van der Waals surface area contributed by atoms with Gasteiger partial charge in [0.05, 0.1) is 22.3 Å². The fourth-order valence-electron chi connectivity index (χ4n) is 3.97. The molecule has 4 rings (SSSR count). The van der Waals surface area contributed by atoms with E-state index in [4.69, 9.17) is 10.5 Å². The summed E-state index contributed by atoms with van der Waals surface area (Å²) in [5, 5.41) is 55.8. The summed E-state index contributed by atoms with van der Waals surface area (Å²) < 4.78 is 118. The summed E-state index contributed by atoms with van der Waals surface area (Å²) in [7, 11) is 0. The van der Waals surface area contributed by atoms with Gasteiger partial charge in [0.1, 0.15) is 58.9 Å². The molecular weight excluding hydrogens is 576 g/mol. The topological polar surface area (TPSA) is 169 Å². The SMILES string of the molecule is N#CC(=C1/C(=C(\C#N)c2c(F)c(F)c(C#N)c(F)c2F)c2nc(C#N)c(C#N)nc21)c1c(F)c(F)c(C#N)c(F)c1F. The van der Waals surface area contributed by atoms with Crippen LogP contribution in [-0.4, -0.2) is 9.97 Å². The molecule has 0 atom stereocenters. The Balaban J connectivity index is 2.31. The highest BCUT2D eigenvalue weighted by Crippen LogP contribution is 2.52. The number of hydrogen-bond donors (Lipinski definition) is 0. The number of rotatable bonds is 2. The van der Waals surface area contributed by atoms with Crippen molar-refractivity contribution in [2.75, 3.05) is 0 Å². The van der Waals surface area contributed by atoms with E-state index in [0.717, 1.165) is 12.1 Å². The summed E-state index contributed by atoms with van der Waals surface area (Å²) in [6.45, 7) is 0. The molecule has 0 aliphatic heterocycles. The zero-order valence-corrected chi connectivity index (χ0v) is 19.6. The molecule has 0 N–H and O–H groups in total. The molecule has 0 radical (unpaired) electrons. The molecule has 0 saturated carbocycles. The Labute approximate surface area is 227 Å². The Morgan fingerprint density at radius 2 is 0.714 bits per heavy atom. The second kappa shape index (κ2) is 10.2. The lowest BCUT2D eigenvalue weighted by Gasteiger charge is -2.28. The molecule has 0 amide bonds. The van der Waals surface area contributed by atoms with Crippen LogP contribution in [0.1, 0.15) is 45.0 Å². The predicted octanol–water partition coefficient (Wildman–Crippen LogP) is 4.96. The van der Waals surface area contributed by atoms with Crippen LogP contribution in [0.4, 0.5) is 35.1 Å². The number of nitrogens with zero attached hydrogens (tertiary/aromatic N) is 8. The normalized spacial score (nSPS) is 13.7. The molecule has 0 unspecified atom stereocenters. The lowest BCUT2D eigenvalue weighted by molar-refractivity contribution is 0.447. The average Bonchev–Trinajstić information content (AvgIpc) is 2.98. The van der Waals surface area contributed by atoms with Crippen molar-refractivity contribution in [2.45, 2.75) is 0 Å². The molecule has 0 saturated heterocycles. The molecular formula is C26F8N8. The van der Waals surface area contributed by atoms with Gasteiger partial charge >= 0.3 is 0 Å². The quantitative estimate of drug-likeness (QED) is 0.234. The number of allylic oxidation sites excluding steroid dienone is 4. The molecule has 1 aliphatic rings. The van der Waals surface area contributed by atoms with Gasteiger partial charge in [-0.3, -0.25) is 0 Å². The van der Waals surface area contributed by atoms with E-state index < -0.39 is 114 Å². The van der Waals surface area contributed by atoms with E-state index in [1.54, 1.807) is 0 Å². The van der Waals surface area contributed by atoms with Crippen LogP contribution in [0.15, 0.2) is 0 Å². The number of fused-ring (bicyclic) bond motifs is 1. The summed E-state index contributed by atoms with van der Waals surface area (Å²) in [6, 6.07) is 6.94. The molecule has 1 aromatic heterocycles. The van der Waals surface area contributed by atoms with E-state index in [9.17, 15) is 56.2 Å². The first kappa shape index (κ1) is 28.4. The van der Waals surface area contributed by atoms with E-state index in [0.29, 0.717) is 0 Å². The maximum atomic E-state index is 15.0. The van der Waals surface area contributed by atoms with Crippen LogP contribution in [0, 0.1) is 115 Å². The fraction of sp³-hybridized carbons (Fsp3) is 0. The fourth-order valence-corrected chi connectivity index (χ4v) is 3.97. The minimum Gasteiger partial charge on any atom is -0.232 e. The van der Waals surface area contributed by atoms with E-state index in [1.807, 2.05) is 0 Å².